The molecule has 1 aromatic carbocycles. The Kier molecular flexibility index (Phi) is 6.46. The Morgan fingerprint density at radius 2 is 1.90 bits per heavy atom. The first-order valence-corrected chi connectivity index (χ1v) is 7.83. The van der Waals surface area contributed by atoms with Crippen LogP contribution in [-0.2, 0) is 11.3 Å². The summed E-state index contributed by atoms with van der Waals surface area (Å²) in [6.45, 7) is 2.29. The standard InChI is InChI=1S/C14H16BrN3OS/c1-19-7-6-16-8-11-9-17-14(18-10-11)20-13-4-2-12(15)3-5-13/h2-5,9-10,16H,6-8H2,1H3. The van der Waals surface area contributed by atoms with Crippen LogP contribution in [-0.4, -0.2) is 30.2 Å². The molecule has 2 rings (SSSR count). The smallest absolute Gasteiger partial charge is 0.192 e. The highest BCUT2D eigenvalue weighted by Gasteiger charge is 2.01. The second-order valence-electron chi connectivity index (χ2n) is 4.10. The minimum atomic E-state index is 0.707. The molecule has 4 nitrogen and oxygen atoms in total. The summed E-state index contributed by atoms with van der Waals surface area (Å²) < 4.78 is 6.04. The van der Waals surface area contributed by atoms with Crippen LogP contribution in [0.1, 0.15) is 5.56 Å². The molecule has 0 unspecified atom stereocenters. The van der Waals surface area contributed by atoms with Crippen molar-refractivity contribution in [2.24, 2.45) is 0 Å². The van der Waals surface area contributed by atoms with Gasteiger partial charge in [-0.3, -0.25) is 0 Å². The lowest BCUT2D eigenvalue weighted by molar-refractivity contribution is 0.199. The molecule has 0 bridgehead atoms. The summed E-state index contributed by atoms with van der Waals surface area (Å²) in [5.41, 5.74) is 1.07. The number of rotatable bonds is 7. The van der Waals surface area contributed by atoms with Crippen LogP contribution in [0.3, 0.4) is 0 Å². The normalized spacial score (nSPS) is 10.7. The van der Waals surface area contributed by atoms with Gasteiger partial charge in [0.1, 0.15) is 0 Å². The molecule has 20 heavy (non-hydrogen) atoms. The lowest BCUT2D eigenvalue weighted by Gasteiger charge is -2.04. The fraction of sp³-hybridized carbons (Fsp3) is 0.286. The van der Waals surface area contributed by atoms with Crippen LogP contribution >= 0.6 is 27.7 Å². The van der Waals surface area contributed by atoms with E-state index in [1.54, 1.807) is 18.9 Å². The van der Waals surface area contributed by atoms with Gasteiger partial charge in [-0.05, 0) is 36.0 Å². The zero-order valence-electron chi connectivity index (χ0n) is 11.2. The predicted molar refractivity (Wildman–Crippen MR) is 83.9 cm³/mol. The summed E-state index contributed by atoms with van der Waals surface area (Å²) in [4.78, 5) is 9.85. The molecule has 0 radical (unpaired) electrons. The molecule has 0 aliphatic rings. The zero-order valence-corrected chi connectivity index (χ0v) is 13.6. The zero-order chi connectivity index (χ0) is 14.2. The first-order chi connectivity index (χ1) is 9.78. The molecule has 1 heterocycles. The molecule has 0 saturated heterocycles. The number of nitrogens with zero attached hydrogens (tertiary/aromatic N) is 2. The van der Waals surface area contributed by atoms with E-state index in [1.807, 2.05) is 36.7 Å². The molecule has 0 saturated carbocycles. The van der Waals surface area contributed by atoms with Crippen molar-refractivity contribution < 1.29 is 4.74 Å². The molecular weight excluding hydrogens is 338 g/mol. The van der Waals surface area contributed by atoms with Gasteiger partial charge in [-0.25, -0.2) is 9.97 Å². The third-order valence-corrected chi connectivity index (χ3v) is 3.95. The fourth-order valence-corrected chi connectivity index (χ4v) is 2.46. The molecule has 0 atom stereocenters. The molecule has 0 spiro atoms. The van der Waals surface area contributed by atoms with E-state index in [0.717, 1.165) is 33.2 Å². The van der Waals surface area contributed by atoms with Crippen molar-refractivity contribution >= 4 is 27.7 Å². The minimum absolute atomic E-state index is 0.707. The second kappa shape index (κ2) is 8.36. The van der Waals surface area contributed by atoms with Gasteiger partial charge in [-0.15, -0.1) is 0 Å². The fourth-order valence-electron chi connectivity index (χ4n) is 1.50. The number of nitrogens with one attached hydrogen (secondary N) is 1. The molecule has 1 N–H and O–H groups in total. The van der Waals surface area contributed by atoms with Crippen LogP contribution < -0.4 is 5.32 Å². The predicted octanol–water partition coefficient (Wildman–Crippen LogP) is 3.13. The first-order valence-electron chi connectivity index (χ1n) is 6.22. The first kappa shape index (κ1) is 15.4. The Labute approximate surface area is 131 Å². The van der Waals surface area contributed by atoms with Crippen molar-refractivity contribution in [3.63, 3.8) is 0 Å². The number of halogens is 1. The quantitative estimate of drug-likeness (QED) is 0.612. The second-order valence-corrected chi connectivity index (χ2v) is 6.06. The van der Waals surface area contributed by atoms with Gasteiger partial charge in [-0.1, -0.05) is 15.9 Å². The lowest BCUT2D eigenvalue weighted by Crippen LogP contribution is -2.18. The number of hydrogen-bond acceptors (Lipinski definition) is 5. The Hall–Kier alpha value is -0.950. The van der Waals surface area contributed by atoms with Gasteiger partial charge in [0.2, 0.25) is 0 Å². The maximum absolute atomic E-state index is 4.97. The molecule has 0 amide bonds. The third-order valence-electron chi connectivity index (χ3n) is 2.52. The van der Waals surface area contributed by atoms with E-state index in [-0.39, 0.29) is 0 Å². The number of benzene rings is 1. The van der Waals surface area contributed by atoms with Crippen LogP contribution in [0.25, 0.3) is 0 Å². The monoisotopic (exact) mass is 353 g/mol. The molecule has 0 aliphatic carbocycles. The Morgan fingerprint density at radius 1 is 1.20 bits per heavy atom. The van der Waals surface area contributed by atoms with Crippen LogP contribution in [0, 0.1) is 0 Å². The largest absolute Gasteiger partial charge is 0.383 e. The molecular formula is C14H16BrN3OS. The van der Waals surface area contributed by atoms with Crippen molar-refractivity contribution in [3.05, 3.63) is 46.7 Å². The highest BCUT2D eigenvalue weighted by atomic mass is 79.9. The lowest BCUT2D eigenvalue weighted by atomic mass is 10.3. The van der Waals surface area contributed by atoms with Crippen LogP contribution in [0.2, 0.25) is 0 Å². The van der Waals surface area contributed by atoms with Gasteiger partial charge in [0.25, 0.3) is 0 Å². The van der Waals surface area contributed by atoms with Crippen LogP contribution in [0.15, 0.2) is 51.2 Å². The van der Waals surface area contributed by atoms with Gasteiger partial charge >= 0.3 is 0 Å². The molecule has 106 valence electrons. The number of methoxy groups -OCH3 is 1. The van der Waals surface area contributed by atoms with E-state index in [0.29, 0.717) is 6.61 Å². The highest BCUT2D eigenvalue weighted by molar-refractivity contribution is 9.10. The Morgan fingerprint density at radius 3 is 2.55 bits per heavy atom. The van der Waals surface area contributed by atoms with E-state index in [4.69, 9.17) is 4.74 Å². The van der Waals surface area contributed by atoms with Crippen molar-refractivity contribution in [2.75, 3.05) is 20.3 Å². The summed E-state index contributed by atoms with van der Waals surface area (Å²) >= 11 is 4.97. The van der Waals surface area contributed by atoms with E-state index >= 15 is 0 Å². The van der Waals surface area contributed by atoms with E-state index < -0.39 is 0 Å². The molecule has 6 heteroatoms. The Bertz CT molecular complexity index is 519. The summed E-state index contributed by atoms with van der Waals surface area (Å²) in [6.07, 6.45) is 3.71. The van der Waals surface area contributed by atoms with E-state index in [9.17, 15) is 0 Å². The maximum atomic E-state index is 4.97. The van der Waals surface area contributed by atoms with Crippen LogP contribution in [0.4, 0.5) is 0 Å². The van der Waals surface area contributed by atoms with Crippen LogP contribution in [0.5, 0.6) is 0 Å². The maximum Gasteiger partial charge on any atom is 0.192 e. The topological polar surface area (TPSA) is 47.0 Å². The number of hydrogen-bond donors (Lipinski definition) is 1. The van der Waals surface area contributed by atoms with Gasteiger partial charge < -0.3 is 10.1 Å². The van der Waals surface area contributed by atoms with Crippen molar-refractivity contribution in [3.8, 4) is 0 Å². The number of ether oxygens (including phenoxy) is 1. The average molecular weight is 354 g/mol. The van der Waals surface area contributed by atoms with E-state index in [2.05, 4.69) is 31.2 Å². The van der Waals surface area contributed by atoms with Crippen molar-refractivity contribution in [2.45, 2.75) is 16.6 Å². The molecule has 0 fully saturated rings. The SMILES string of the molecule is COCCNCc1cnc(Sc2ccc(Br)cc2)nc1. The van der Waals surface area contributed by atoms with Gasteiger partial charge in [0, 0.05) is 47.5 Å². The summed E-state index contributed by atoms with van der Waals surface area (Å²) in [6, 6.07) is 8.10. The van der Waals surface area contributed by atoms with Gasteiger partial charge in [0.15, 0.2) is 5.16 Å². The Balaban J connectivity index is 1.86. The summed E-state index contributed by atoms with van der Waals surface area (Å²) in [5, 5.41) is 4.02. The average Bonchev–Trinajstić information content (AvgIpc) is 2.48. The molecule has 0 aliphatic heterocycles. The minimum Gasteiger partial charge on any atom is -0.383 e. The van der Waals surface area contributed by atoms with Gasteiger partial charge in [-0.2, -0.15) is 0 Å². The molecule has 1 aromatic heterocycles. The van der Waals surface area contributed by atoms with Crippen molar-refractivity contribution in [1.29, 1.82) is 0 Å². The van der Waals surface area contributed by atoms with E-state index in [1.165, 1.54) is 0 Å². The third kappa shape index (κ3) is 5.20. The molecule has 2 aromatic rings. The van der Waals surface area contributed by atoms with Gasteiger partial charge in [0.05, 0.1) is 6.61 Å². The summed E-state index contributed by atoms with van der Waals surface area (Å²) in [5.74, 6) is 0. The summed E-state index contributed by atoms with van der Waals surface area (Å²) in [7, 11) is 1.69. The van der Waals surface area contributed by atoms with Crippen molar-refractivity contribution in [1.82, 2.24) is 15.3 Å². The highest BCUT2D eigenvalue weighted by Crippen LogP contribution is 2.25. The number of aromatic nitrogens is 2.